The fraction of sp³-hybridized carbons (Fsp3) is 0.417. The lowest BCUT2D eigenvalue weighted by Crippen LogP contribution is -2.25. The molecule has 0 aliphatic rings. The number of amides is 1. The maximum Gasteiger partial charge on any atom is 0.257 e. The number of sulfonamides is 1. The molecule has 7 heteroatoms. The van der Waals surface area contributed by atoms with E-state index in [9.17, 15) is 13.2 Å². The fourth-order valence-corrected chi connectivity index (χ4v) is 1.84. The third-order valence-corrected chi connectivity index (χ3v) is 4.12. The van der Waals surface area contributed by atoms with E-state index in [0.717, 1.165) is 0 Å². The van der Waals surface area contributed by atoms with Gasteiger partial charge in [0.1, 0.15) is 5.75 Å². The van der Waals surface area contributed by atoms with Crippen LogP contribution in [0.4, 0.5) is 5.69 Å². The third kappa shape index (κ3) is 4.78. The summed E-state index contributed by atoms with van der Waals surface area (Å²) < 4.78 is 31.1. The second-order valence-corrected chi connectivity index (χ2v) is 6.42. The normalized spacial score (nSPS) is 11.2. The first-order valence-corrected chi connectivity index (χ1v) is 7.35. The molecule has 0 saturated heterocycles. The van der Waals surface area contributed by atoms with Gasteiger partial charge in [0.15, 0.2) is 6.61 Å². The van der Waals surface area contributed by atoms with E-state index in [4.69, 9.17) is 4.74 Å². The van der Waals surface area contributed by atoms with E-state index in [2.05, 4.69) is 10.0 Å². The second-order valence-electron chi connectivity index (χ2n) is 4.19. The summed E-state index contributed by atoms with van der Waals surface area (Å²) in [5.41, 5.74) is 0.406. The zero-order chi connectivity index (χ0) is 14.5. The van der Waals surface area contributed by atoms with Crippen LogP contribution in [-0.4, -0.2) is 33.2 Å². The van der Waals surface area contributed by atoms with E-state index >= 15 is 0 Å². The van der Waals surface area contributed by atoms with Gasteiger partial charge in [0.2, 0.25) is 10.0 Å². The van der Waals surface area contributed by atoms with E-state index < -0.39 is 15.3 Å². The zero-order valence-corrected chi connectivity index (χ0v) is 12.0. The Balaban J connectivity index is 2.75. The lowest BCUT2D eigenvalue weighted by Gasteiger charge is -2.12. The highest BCUT2D eigenvalue weighted by atomic mass is 32.2. The molecule has 1 rings (SSSR count). The van der Waals surface area contributed by atoms with Crippen molar-refractivity contribution in [2.75, 3.05) is 18.4 Å². The van der Waals surface area contributed by atoms with Crippen LogP contribution in [0.5, 0.6) is 5.75 Å². The number of hydrogen-bond donors (Lipinski definition) is 2. The number of carbonyl (C=O) groups is 1. The molecule has 1 aromatic rings. The molecule has 0 aromatic heterocycles. The van der Waals surface area contributed by atoms with Gasteiger partial charge in [-0.2, -0.15) is 0 Å². The first kappa shape index (κ1) is 15.3. The first-order valence-electron chi connectivity index (χ1n) is 5.80. The predicted molar refractivity (Wildman–Crippen MR) is 73.7 cm³/mol. The molecule has 0 atom stereocenters. The third-order valence-electron chi connectivity index (χ3n) is 2.36. The van der Waals surface area contributed by atoms with E-state index in [1.807, 2.05) is 0 Å². The Labute approximate surface area is 113 Å². The predicted octanol–water partition coefficient (Wildman–Crippen LogP) is 0.961. The van der Waals surface area contributed by atoms with Gasteiger partial charge in [0.25, 0.3) is 5.91 Å². The standard InChI is InChI=1S/C12H18N2O4S/c1-9(2)19(16,17)14-10-5-4-6-11(7-10)18-8-12(15)13-3/h4-7,9,14H,8H2,1-3H3,(H,13,15). The van der Waals surface area contributed by atoms with E-state index in [1.165, 1.54) is 13.1 Å². The summed E-state index contributed by atoms with van der Waals surface area (Å²) in [6.07, 6.45) is 0. The highest BCUT2D eigenvalue weighted by Gasteiger charge is 2.15. The molecule has 0 spiro atoms. The molecule has 0 heterocycles. The minimum atomic E-state index is -3.39. The second kappa shape index (κ2) is 6.42. The Morgan fingerprint density at radius 2 is 2.05 bits per heavy atom. The van der Waals surface area contributed by atoms with E-state index in [0.29, 0.717) is 11.4 Å². The molecule has 2 N–H and O–H groups in total. The van der Waals surface area contributed by atoms with Gasteiger partial charge in [-0.15, -0.1) is 0 Å². The van der Waals surface area contributed by atoms with Gasteiger partial charge < -0.3 is 10.1 Å². The quantitative estimate of drug-likeness (QED) is 0.816. The topological polar surface area (TPSA) is 84.5 Å². The van der Waals surface area contributed by atoms with Crippen LogP contribution in [0.15, 0.2) is 24.3 Å². The van der Waals surface area contributed by atoms with Gasteiger partial charge in [-0.1, -0.05) is 6.07 Å². The van der Waals surface area contributed by atoms with Crippen LogP contribution in [0.1, 0.15) is 13.8 Å². The summed E-state index contributed by atoms with van der Waals surface area (Å²) in [5.74, 6) is 0.167. The lowest BCUT2D eigenvalue weighted by atomic mass is 10.3. The largest absolute Gasteiger partial charge is 0.484 e. The summed E-state index contributed by atoms with van der Waals surface area (Å²) >= 11 is 0. The van der Waals surface area contributed by atoms with Crippen molar-refractivity contribution in [3.05, 3.63) is 24.3 Å². The minimum absolute atomic E-state index is 0.114. The molecule has 6 nitrogen and oxygen atoms in total. The van der Waals surface area contributed by atoms with Gasteiger partial charge >= 0.3 is 0 Å². The SMILES string of the molecule is CNC(=O)COc1cccc(NS(=O)(=O)C(C)C)c1. The van der Waals surface area contributed by atoms with Gasteiger partial charge in [0.05, 0.1) is 10.9 Å². The molecular formula is C12H18N2O4S. The summed E-state index contributed by atoms with van der Waals surface area (Å²) in [4.78, 5) is 11.0. The van der Waals surface area contributed by atoms with Crippen LogP contribution in [0.2, 0.25) is 0 Å². The Hall–Kier alpha value is -1.76. The minimum Gasteiger partial charge on any atom is -0.484 e. The lowest BCUT2D eigenvalue weighted by molar-refractivity contribution is -0.122. The van der Waals surface area contributed by atoms with E-state index in [1.54, 1.807) is 32.0 Å². The van der Waals surface area contributed by atoms with Crippen molar-refractivity contribution in [1.29, 1.82) is 0 Å². The molecule has 0 aliphatic carbocycles. The molecule has 0 bridgehead atoms. The molecule has 0 unspecified atom stereocenters. The molecule has 0 fully saturated rings. The van der Waals surface area contributed by atoms with Crippen molar-refractivity contribution < 1.29 is 17.9 Å². The molecular weight excluding hydrogens is 268 g/mol. The molecule has 1 aromatic carbocycles. The molecule has 0 aliphatic heterocycles. The fourth-order valence-electron chi connectivity index (χ4n) is 1.15. The number of hydrogen-bond acceptors (Lipinski definition) is 4. The number of nitrogens with one attached hydrogen (secondary N) is 2. The van der Waals surface area contributed by atoms with Crippen molar-refractivity contribution in [2.24, 2.45) is 0 Å². The average Bonchev–Trinajstić information content (AvgIpc) is 2.35. The molecule has 0 saturated carbocycles. The van der Waals surface area contributed by atoms with Gasteiger partial charge in [0, 0.05) is 13.1 Å². The van der Waals surface area contributed by atoms with Crippen LogP contribution in [-0.2, 0) is 14.8 Å². The summed E-state index contributed by atoms with van der Waals surface area (Å²) in [6, 6.07) is 6.45. The van der Waals surface area contributed by atoms with Crippen molar-refractivity contribution in [3.63, 3.8) is 0 Å². The van der Waals surface area contributed by atoms with Crippen molar-refractivity contribution in [2.45, 2.75) is 19.1 Å². The highest BCUT2D eigenvalue weighted by Crippen LogP contribution is 2.19. The molecule has 1 amide bonds. The maximum atomic E-state index is 11.7. The van der Waals surface area contributed by atoms with Crippen molar-refractivity contribution in [1.82, 2.24) is 5.32 Å². The monoisotopic (exact) mass is 286 g/mol. The number of carbonyl (C=O) groups excluding carboxylic acids is 1. The smallest absolute Gasteiger partial charge is 0.257 e. The molecule has 19 heavy (non-hydrogen) atoms. The summed E-state index contributed by atoms with van der Waals surface area (Å²) in [6.45, 7) is 3.07. The number of anilines is 1. The first-order chi connectivity index (χ1) is 8.85. The zero-order valence-electron chi connectivity index (χ0n) is 11.1. The van der Waals surface area contributed by atoms with Crippen LogP contribution < -0.4 is 14.8 Å². The van der Waals surface area contributed by atoms with Crippen molar-refractivity contribution >= 4 is 21.6 Å². The number of rotatable bonds is 6. The van der Waals surface area contributed by atoms with Crippen molar-refractivity contribution in [3.8, 4) is 5.75 Å². The maximum absolute atomic E-state index is 11.7. The van der Waals surface area contributed by atoms with Gasteiger partial charge in [-0.25, -0.2) is 8.42 Å². The Kier molecular flexibility index (Phi) is 5.17. The number of ether oxygens (including phenoxy) is 1. The molecule has 106 valence electrons. The molecule has 0 radical (unpaired) electrons. The summed E-state index contributed by atoms with van der Waals surface area (Å²) in [7, 11) is -1.88. The Morgan fingerprint density at radius 3 is 2.63 bits per heavy atom. The van der Waals surface area contributed by atoms with Crippen LogP contribution in [0.25, 0.3) is 0 Å². The average molecular weight is 286 g/mol. The van der Waals surface area contributed by atoms with Crippen LogP contribution in [0.3, 0.4) is 0 Å². The number of likely N-dealkylation sites (N-methyl/N-ethyl adjacent to an activating group) is 1. The highest BCUT2D eigenvalue weighted by molar-refractivity contribution is 7.93. The van der Waals surface area contributed by atoms with Crippen LogP contribution in [0, 0.1) is 0 Å². The van der Waals surface area contributed by atoms with Gasteiger partial charge in [-0.05, 0) is 26.0 Å². The Bertz CT molecular complexity index is 540. The van der Waals surface area contributed by atoms with Crippen LogP contribution >= 0.6 is 0 Å². The van der Waals surface area contributed by atoms with E-state index in [-0.39, 0.29) is 12.5 Å². The van der Waals surface area contributed by atoms with Gasteiger partial charge in [-0.3, -0.25) is 9.52 Å². The number of benzene rings is 1. The Morgan fingerprint density at radius 1 is 1.37 bits per heavy atom. The summed E-state index contributed by atoms with van der Waals surface area (Å²) in [5, 5.41) is 1.90.